The summed E-state index contributed by atoms with van der Waals surface area (Å²) in [7, 11) is 0. The van der Waals surface area contributed by atoms with Crippen molar-refractivity contribution in [2.75, 3.05) is 19.6 Å². The van der Waals surface area contributed by atoms with E-state index in [2.05, 4.69) is 24.1 Å². The lowest BCUT2D eigenvalue weighted by Crippen LogP contribution is -2.58. The molecule has 0 bridgehead atoms. The van der Waals surface area contributed by atoms with Crippen LogP contribution in [0.3, 0.4) is 0 Å². The summed E-state index contributed by atoms with van der Waals surface area (Å²) < 4.78 is 47.3. The van der Waals surface area contributed by atoms with Crippen LogP contribution in [0.5, 0.6) is 5.75 Å². The zero-order valence-electron chi connectivity index (χ0n) is 22.7. The van der Waals surface area contributed by atoms with E-state index in [-0.39, 0.29) is 17.2 Å². The first-order chi connectivity index (χ1) is 19.5. The smallest absolute Gasteiger partial charge is 0.282 e. The average molecular weight is 586 g/mol. The van der Waals surface area contributed by atoms with Gasteiger partial charge in [-0.3, -0.25) is 15.1 Å². The molecule has 3 heterocycles. The Balaban J connectivity index is 1.18. The maximum Gasteiger partial charge on any atom is 0.282 e. The molecule has 41 heavy (non-hydrogen) atoms. The summed E-state index contributed by atoms with van der Waals surface area (Å²) >= 11 is 6.47. The molecule has 0 spiro atoms. The van der Waals surface area contributed by atoms with E-state index in [1.807, 2.05) is 12.1 Å². The molecule has 3 unspecified atom stereocenters. The first-order valence-corrected chi connectivity index (χ1v) is 13.9. The Morgan fingerprint density at radius 1 is 1.27 bits per heavy atom. The summed E-state index contributed by atoms with van der Waals surface area (Å²) in [6, 6.07) is 11.3. The highest BCUT2D eigenvalue weighted by Crippen LogP contribution is 2.40. The number of pyridine rings is 1. The van der Waals surface area contributed by atoms with Crippen molar-refractivity contribution in [3.63, 3.8) is 0 Å². The number of benzene rings is 2. The summed E-state index contributed by atoms with van der Waals surface area (Å²) in [6.45, 7) is 3.27. The van der Waals surface area contributed by atoms with Gasteiger partial charge in [-0.25, -0.2) is 13.2 Å². The molecule has 5 rings (SSSR count). The van der Waals surface area contributed by atoms with Gasteiger partial charge >= 0.3 is 0 Å². The third-order valence-electron chi connectivity index (χ3n) is 7.46. The van der Waals surface area contributed by atoms with E-state index in [4.69, 9.17) is 16.3 Å². The van der Waals surface area contributed by atoms with E-state index >= 15 is 4.39 Å². The molecular formula is C31H31ClF3N3O3. The standard InChI is InChI=1S/C31H31ClF3N3O3/c1-3-18(2)27-8-4-19(14-36-27)5-9-28(39)37-15-23-11-22-10-21(12-25(32)29(22)41-23)24-7-6-20(13-26(24)33)30(40)38-16-31(34,35)17-38/h4-10,12-14,18,23,28,37,39H,3,11,15-17H2,1-2H3. The largest absolute Gasteiger partial charge is 0.487 e. The molecular weight excluding hydrogens is 555 g/mol. The van der Waals surface area contributed by atoms with Gasteiger partial charge in [0.25, 0.3) is 11.8 Å². The quantitative estimate of drug-likeness (QED) is 0.298. The number of fused-ring (bicyclic) bond motifs is 1. The molecule has 0 saturated carbocycles. The fourth-order valence-electron chi connectivity index (χ4n) is 4.92. The molecule has 2 N–H and O–H groups in total. The average Bonchev–Trinajstić information content (AvgIpc) is 3.36. The lowest BCUT2D eigenvalue weighted by Gasteiger charge is -2.38. The predicted octanol–water partition coefficient (Wildman–Crippen LogP) is 6.07. The molecule has 0 aliphatic carbocycles. The van der Waals surface area contributed by atoms with Gasteiger partial charge in [-0.05, 0) is 59.9 Å². The SMILES string of the molecule is CCC(C)c1ccc(C=CC(O)NCC2Cc3cc(-c4ccc(C(=O)N5CC(F)(F)C5)cc4F)cc(Cl)c3O2)cn1. The second-order valence-electron chi connectivity index (χ2n) is 10.6. The van der Waals surface area contributed by atoms with Gasteiger partial charge in [0.1, 0.15) is 23.9 Å². The fourth-order valence-corrected chi connectivity index (χ4v) is 5.20. The van der Waals surface area contributed by atoms with E-state index in [1.165, 1.54) is 12.1 Å². The molecule has 2 aromatic carbocycles. The van der Waals surface area contributed by atoms with Crippen LogP contribution in [0.15, 0.2) is 54.7 Å². The zero-order valence-corrected chi connectivity index (χ0v) is 23.5. The lowest BCUT2D eigenvalue weighted by atomic mass is 9.98. The van der Waals surface area contributed by atoms with Crippen molar-refractivity contribution in [2.24, 2.45) is 0 Å². The zero-order chi connectivity index (χ0) is 29.3. The number of aliphatic hydroxyl groups excluding tert-OH is 1. The minimum Gasteiger partial charge on any atom is -0.487 e. The highest BCUT2D eigenvalue weighted by atomic mass is 35.5. The highest BCUT2D eigenvalue weighted by Gasteiger charge is 2.46. The number of hydrogen-bond acceptors (Lipinski definition) is 5. The fraction of sp³-hybridized carbons (Fsp3) is 0.355. The van der Waals surface area contributed by atoms with E-state index in [0.717, 1.165) is 34.2 Å². The minimum atomic E-state index is -2.89. The van der Waals surface area contributed by atoms with Crippen LogP contribution in [0.1, 0.15) is 53.4 Å². The number of carbonyl (C=O) groups is 1. The number of ether oxygens (including phenoxy) is 1. The molecule has 1 fully saturated rings. The summed E-state index contributed by atoms with van der Waals surface area (Å²) in [5.74, 6) is -3.28. The molecule has 2 aliphatic rings. The Morgan fingerprint density at radius 2 is 2.05 bits per heavy atom. The normalized spacial score (nSPS) is 19.0. The van der Waals surface area contributed by atoms with Crippen LogP contribution in [0, 0.1) is 5.82 Å². The van der Waals surface area contributed by atoms with Crippen molar-refractivity contribution in [3.05, 3.63) is 88.0 Å². The number of rotatable bonds is 9. The molecule has 10 heteroatoms. The molecule has 6 nitrogen and oxygen atoms in total. The summed E-state index contributed by atoms with van der Waals surface area (Å²) in [4.78, 5) is 17.9. The number of nitrogens with one attached hydrogen (secondary N) is 1. The number of halogens is 4. The van der Waals surface area contributed by atoms with Gasteiger partial charge in [-0.15, -0.1) is 0 Å². The lowest BCUT2D eigenvalue weighted by molar-refractivity contribution is -0.113. The van der Waals surface area contributed by atoms with E-state index < -0.39 is 37.0 Å². The summed E-state index contributed by atoms with van der Waals surface area (Å²) in [6.07, 6.45) is 5.53. The number of alkyl halides is 2. The Morgan fingerprint density at radius 3 is 2.71 bits per heavy atom. The third-order valence-corrected chi connectivity index (χ3v) is 7.74. The van der Waals surface area contributed by atoms with Crippen molar-refractivity contribution in [1.29, 1.82) is 0 Å². The molecule has 1 amide bonds. The van der Waals surface area contributed by atoms with Gasteiger partial charge in [-0.2, -0.15) is 0 Å². The monoisotopic (exact) mass is 585 g/mol. The molecule has 3 atom stereocenters. The maximum absolute atomic E-state index is 15.0. The number of aromatic nitrogens is 1. The highest BCUT2D eigenvalue weighted by molar-refractivity contribution is 6.32. The number of carbonyl (C=O) groups excluding carboxylic acids is 1. The first kappa shape index (κ1) is 29.1. The first-order valence-electron chi connectivity index (χ1n) is 13.5. The molecule has 0 radical (unpaired) electrons. The molecule has 1 aromatic heterocycles. The van der Waals surface area contributed by atoms with Crippen LogP contribution in [0.4, 0.5) is 13.2 Å². The van der Waals surface area contributed by atoms with Crippen LogP contribution in [0.2, 0.25) is 5.02 Å². The molecule has 3 aromatic rings. The van der Waals surface area contributed by atoms with Crippen LogP contribution >= 0.6 is 11.6 Å². The molecule has 1 saturated heterocycles. The van der Waals surface area contributed by atoms with Crippen LogP contribution in [0.25, 0.3) is 17.2 Å². The van der Waals surface area contributed by atoms with Crippen LogP contribution in [-0.4, -0.2) is 58.8 Å². The Labute approximate surface area is 241 Å². The second-order valence-corrected chi connectivity index (χ2v) is 11.0. The summed E-state index contributed by atoms with van der Waals surface area (Å²) in [5.41, 5.74) is 3.46. The van der Waals surface area contributed by atoms with Gasteiger partial charge < -0.3 is 14.7 Å². The summed E-state index contributed by atoms with van der Waals surface area (Å²) in [5, 5.41) is 13.7. The van der Waals surface area contributed by atoms with Gasteiger partial charge in [0.2, 0.25) is 0 Å². The number of hydrogen-bond donors (Lipinski definition) is 2. The van der Waals surface area contributed by atoms with Gasteiger partial charge in [0.05, 0.1) is 18.1 Å². The number of nitrogens with zero attached hydrogens (tertiary/aromatic N) is 2. The van der Waals surface area contributed by atoms with Gasteiger partial charge in [0, 0.05) is 41.5 Å². The van der Waals surface area contributed by atoms with Crippen molar-refractivity contribution in [1.82, 2.24) is 15.2 Å². The van der Waals surface area contributed by atoms with Gasteiger partial charge in [-0.1, -0.05) is 43.7 Å². The van der Waals surface area contributed by atoms with E-state index in [0.29, 0.717) is 35.2 Å². The number of amides is 1. The second kappa shape index (κ2) is 11.8. The van der Waals surface area contributed by atoms with Crippen molar-refractivity contribution >= 4 is 23.6 Å². The Bertz CT molecular complexity index is 1460. The maximum atomic E-state index is 15.0. The van der Waals surface area contributed by atoms with Crippen molar-refractivity contribution in [3.8, 4) is 16.9 Å². The Hall–Kier alpha value is -3.40. The van der Waals surface area contributed by atoms with Gasteiger partial charge in [0.15, 0.2) is 0 Å². The minimum absolute atomic E-state index is 0.00968. The van der Waals surface area contributed by atoms with E-state index in [1.54, 1.807) is 30.5 Å². The topological polar surface area (TPSA) is 74.7 Å². The molecule has 216 valence electrons. The number of aliphatic hydroxyl groups is 1. The van der Waals surface area contributed by atoms with Crippen LogP contribution < -0.4 is 10.1 Å². The van der Waals surface area contributed by atoms with Crippen molar-refractivity contribution < 1.29 is 27.8 Å². The Kier molecular flexibility index (Phi) is 8.40. The molecule has 2 aliphatic heterocycles. The van der Waals surface area contributed by atoms with Crippen molar-refractivity contribution in [2.45, 2.75) is 50.9 Å². The third kappa shape index (κ3) is 6.58. The predicted molar refractivity (Wildman–Crippen MR) is 152 cm³/mol. The van der Waals surface area contributed by atoms with Crippen LogP contribution in [-0.2, 0) is 6.42 Å². The van der Waals surface area contributed by atoms with E-state index in [9.17, 15) is 18.7 Å². The number of likely N-dealkylation sites (tertiary alicyclic amines) is 1.